The fraction of sp³-hybridized carbons (Fsp3) is 0.406. The van der Waals surface area contributed by atoms with Gasteiger partial charge in [-0.3, -0.25) is 4.57 Å². The van der Waals surface area contributed by atoms with Crippen LogP contribution in [0.5, 0.6) is 11.5 Å². The second kappa shape index (κ2) is 17.9. The molecule has 0 amide bonds. The molecule has 0 atom stereocenters. The SMILES string of the molecule is CC(C)(C)c1cc(Oc2ccc3c4cc(C(C)(C)C)ccc4n(-c4cc(C(C)(C)C)ccn4)c3c2)cc(N2CN(c3cc(C(C)(C)C)cc(C(C)(C)c4ccccc4)c3)c3cc(C(C)(C)C)c(C(C)(C)C)cc32)c1. The van der Waals surface area contributed by atoms with E-state index in [0.717, 1.165) is 34.0 Å². The van der Waals surface area contributed by atoms with Crippen molar-refractivity contribution in [1.29, 1.82) is 0 Å². The standard InChI is InChI=1S/C69H84N4O/c1-63(2,3)45-26-29-58-55(37-45)54-28-27-52(40-59(54)73(58)62-38-46(30-31-70-62)64(4,5)6)74-53-36-48(66(10,11)12)34-51(39-53)72-43-71(60-41-56(67(13,14)15)57(42-61(60)72)68(16,17)18)50-33-47(65(7,8)9)32-49(35-50)69(19,20)44-24-22-21-23-25-44/h21-42H,43H2,1-20H3. The highest BCUT2D eigenvalue weighted by molar-refractivity contribution is 6.10. The summed E-state index contributed by atoms with van der Waals surface area (Å²) in [7, 11) is 0. The second-order valence-corrected chi connectivity index (χ2v) is 28.1. The van der Waals surface area contributed by atoms with Crippen LogP contribution in [0.25, 0.3) is 27.6 Å². The zero-order chi connectivity index (χ0) is 53.9. The molecule has 0 spiro atoms. The Kier molecular flexibility index (Phi) is 12.7. The topological polar surface area (TPSA) is 33.5 Å². The van der Waals surface area contributed by atoms with Crippen molar-refractivity contribution in [2.45, 2.75) is 176 Å². The van der Waals surface area contributed by atoms with Crippen LogP contribution in [0, 0.1) is 0 Å². The molecule has 2 aromatic heterocycles. The number of pyridine rings is 1. The first-order chi connectivity index (χ1) is 34.2. The molecule has 386 valence electrons. The lowest BCUT2D eigenvalue weighted by molar-refractivity contribution is 0.479. The Labute approximate surface area is 445 Å². The molecule has 6 aromatic carbocycles. The summed E-state index contributed by atoms with van der Waals surface area (Å²) in [4.78, 5) is 10.1. The van der Waals surface area contributed by atoms with E-state index >= 15 is 0 Å². The van der Waals surface area contributed by atoms with Crippen LogP contribution in [0.3, 0.4) is 0 Å². The minimum atomic E-state index is -0.223. The predicted molar refractivity (Wildman–Crippen MR) is 318 cm³/mol. The number of anilines is 4. The third kappa shape index (κ3) is 10.0. The average molecular weight is 985 g/mol. The van der Waals surface area contributed by atoms with Gasteiger partial charge in [-0.15, -0.1) is 0 Å². The monoisotopic (exact) mass is 985 g/mol. The van der Waals surface area contributed by atoms with Gasteiger partial charge < -0.3 is 14.5 Å². The predicted octanol–water partition coefficient (Wildman–Crippen LogP) is 19.3. The molecule has 74 heavy (non-hydrogen) atoms. The average Bonchev–Trinajstić information content (AvgIpc) is 3.85. The Bertz CT molecular complexity index is 3420. The quantitative estimate of drug-likeness (QED) is 0.159. The summed E-state index contributed by atoms with van der Waals surface area (Å²) < 4.78 is 9.51. The number of aromatic nitrogens is 2. The minimum absolute atomic E-state index is 0.000607. The molecule has 0 bridgehead atoms. The van der Waals surface area contributed by atoms with Crippen LogP contribution < -0.4 is 14.5 Å². The maximum atomic E-state index is 7.18. The molecule has 5 heteroatoms. The minimum Gasteiger partial charge on any atom is -0.457 e. The van der Waals surface area contributed by atoms with Crippen LogP contribution >= 0.6 is 0 Å². The van der Waals surface area contributed by atoms with Gasteiger partial charge >= 0.3 is 0 Å². The van der Waals surface area contributed by atoms with E-state index < -0.39 is 0 Å². The van der Waals surface area contributed by atoms with Crippen molar-refractivity contribution in [3.8, 4) is 17.3 Å². The maximum absolute atomic E-state index is 7.18. The first kappa shape index (κ1) is 52.5. The van der Waals surface area contributed by atoms with Gasteiger partial charge in [0.25, 0.3) is 0 Å². The lowest BCUT2D eigenvalue weighted by Crippen LogP contribution is -2.26. The van der Waals surface area contributed by atoms with Gasteiger partial charge in [-0.1, -0.05) is 181 Å². The van der Waals surface area contributed by atoms with E-state index in [4.69, 9.17) is 9.72 Å². The van der Waals surface area contributed by atoms with Crippen LogP contribution in [0.4, 0.5) is 22.7 Å². The Morgan fingerprint density at radius 3 is 1.46 bits per heavy atom. The van der Waals surface area contributed by atoms with E-state index in [2.05, 4.69) is 280 Å². The number of fused-ring (bicyclic) bond motifs is 4. The highest BCUT2D eigenvalue weighted by Crippen LogP contribution is 2.52. The van der Waals surface area contributed by atoms with Gasteiger partial charge in [-0.25, -0.2) is 4.98 Å². The molecule has 0 radical (unpaired) electrons. The molecule has 0 N–H and O–H groups in total. The van der Waals surface area contributed by atoms with Crippen molar-refractivity contribution in [3.63, 3.8) is 0 Å². The number of rotatable bonds is 7. The zero-order valence-electron chi connectivity index (χ0n) is 48.6. The van der Waals surface area contributed by atoms with Crippen LogP contribution in [-0.2, 0) is 37.9 Å². The fourth-order valence-electron chi connectivity index (χ4n) is 10.7. The normalized spacial score (nSPS) is 14.1. The van der Waals surface area contributed by atoms with Crippen molar-refractivity contribution >= 4 is 44.6 Å². The summed E-state index contributed by atoms with van der Waals surface area (Å²) in [6.07, 6.45) is 1.95. The van der Waals surface area contributed by atoms with Crippen LogP contribution in [0.15, 0.2) is 134 Å². The van der Waals surface area contributed by atoms with Gasteiger partial charge in [-0.05, 0) is 150 Å². The van der Waals surface area contributed by atoms with E-state index in [9.17, 15) is 0 Å². The fourth-order valence-corrected chi connectivity index (χ4v) is 10.7. The molecule has 0 saturated carbocycles. The smallest absolute Gasteiger partial charge is 0.137 e. The summed E-state index contributed by atoms with van der Waals surface area (Å²) in [6, 6.07) is 48.2. The van der Waals surface area contributed by atoms with Gasteiger partial charge in [0, 0.05) is 45.9 Å². The third-order valence-electron chi connectivity index (χ3n) is 15.7. The van der Waals surface area contributed by atoms with Crippen molar-refractivity contribution in [2.75, 3.05) is 16.5 Å². The lowest BCUT2D eigenvalue weighted by Gasteiger charge is -2.33. The second-order valence-electron chi connectivity index (χ2n) is 28.1. The molecular weight excluding hydrogens is 901 g/mol. The van der Waals surface area contributed by atoms with Gasteiger partial charge in [0.15, 0.2) is 0 Å². The van der Waals surface area contributed by atoms with Gasteiger partial charge in [0.05, 0.1) is 22.4 Å². The lowest BCUT2D eigenvalue weighted by atomic mass is 9.74. The van der Waals surface area contributed by atoms with E-state index in [1.165, 1.54) is 72.3 Å². The summed E-state index contributed by atoms with van der Waals surface area (Å²) in [6.45, 7) is 47.1. The van der Waals surface area contributed by atoms with Crippen LogP contribution in [-0.4, -0.2) is 16.2 Å². The van der Waals surface area contributed by atoms with Crippen LogP contribution in [0.2, 0.25) is 0 Å². The van der Waals surface area contributed by atoms with E-state index in [1.807, 2.05) is 6.20 Å². The highest BCUT2D eigenvalue weighted by Gasteiger charge is 2.37. The van der Waals surface area contributed by atoms with E-state index in [0.29, 0.717) is 6.67 Å². The molecule has 3 heterocycles. The summed E-state index contributed by atoms with van der Waals surface area (Å²) in [5.41, 5.74) is 16.7. The van der Waals surface area contributed by atoms with Gasteiger partial charge in [0.1, 0.15) is 24.0 Å². The van der Waals surface area contributed by atoms with Crippen molar-refractivity contribution < 1.29 is 4.74 Å². The Morgan fingerprint density at radius 1 is 0.378 bits per heavy atom. The molecule has 0 unspecified atom stereocenters. The molecular formula is C69H84N4O. The molecule has 9 rings (SSSR count). The number of hydrogen-bond acceptors (Lipinski definition) is 4. The highest BCUT2D eigenvalue weighted by atomic mass is 16.5. The molecule has 5 nitrogen and oxygen atoms in total. The summed E-state index contributed by atoms with van der Waals surface area (Å²) >= 11 is 0. The Hall–Kier alpha value is -6.33. The molecule has 0 saturated heterocycles. The Balaban J connectivity index is 1.22. The number of benzene rings is 6. The van der Waals surface area contributed by atoms with Gasteiger partial charge in [-0.2, -0.15) is 0 Å². The number of nitrogens with zero attached hydrogens (tertiary/aromatic N) is 4. The van der Waals surface area contributed by atoms with Crippen molar-refractivity contribution in [1.82, 2.24) is 9.55 Å². The first-order valence-electron chi connectivity index (χ1n) is 27.0. The largest absolute Gasteiger partial charge is 0.457 e. The number of ether oxygens (including phenoxy) is 1. The van der Waals surface area contributed by atoms with Crippen molar-refractivity contribution in [3.05, 3.63) is 178 Å². The zero-order valence-corrected chi connectivity index (χ0v) is 48.6. The summed E-state index contributed by atoms with van der Waals surface area (Å²) in [5, 5.41) is 2.39. The summed E-state index contributed by atoms with van der Waals surface area (Å²) in [5.74, 6) is 2.49. The Morgan fingerprint density at radius 2 is 0.905 bits per heavy atom. The maximum Gasteiger partial charge on any atom is 0.137 e. The molecule has 1 aliphatic rings. The molecule has 1 aliphatic heterocycles. The van der Waals surface area contributed by atoms with Crippen molar-refractivity contribution in [2.24, 2.45) is 0 Å². The molecule has 8 aromatic rings. The van der Waals surface area contributed by atoms with Crippen LogP contribution in [0.1, 0.15) is 183 Å². The van der Waals surface area contributed by atoms with Gasteiger partial charge in [0.2, 0.25) is 0 Å². The van der Waals surface area contributed by atoms with E-state index in [-0.39, 0.29) is 37.9 Å². The van der Waals surface area contributed by atoms with E-state index in [1.54, 1.807) is 0 Å². The first-order valence-corrected chi connectivity index (χ1v) is 27.0. The molecule has 0 aliphatic carbocycles. The molecule has 0 fully saturated rings. The number of hydrogen-bond donors (Lipinski definition) is 0. The third-order valence-corrected chi connectivity index (χ3v) is 15.7.